The summed E-state index contributed by atoms with van der Waals surface area (Å²) in [7, 11) is 1.53. The average molecular weight is 466 g/mol. The van der Waals surface area contributed by atoms with Gasteiger partial charge < -0.3 is 14.8 Å². The predicted octanol–water partition coefficient (Wildman–Crippen LogP) is 4.63. The van der Waals surface area contributed by atoms with Gasteiger partial charge in [0.05, 0.1) is 13.3 Å². The minimum absolute atomic E-state index is 0.287. The summed E-state index contributed by atoms with van der Waals surface area (Å²) in [6, 6.07) is 18.0. The molecular formula is C25H24ClN3O4. The van der Waals surface area contributed by atoms with Crippen LogP contribution in [0.2, 0.25) is 5.02 Å². The van der Waals surface area contributed by atoms with Gasteiger partial charge in [-0.25, -0.2) is 5.43 Å². The maximum absolute atomic E-state index is 12.1. The fourth-order valence-corrected chi connectivity index (χ4v) is 3.07. The van der Waals surface area contributed by atoms with Gasteiger partial charge in [-0.15, -0.1) is 0 Å². The maximum atomic E-state index is 12.1. The number of benzene rings is 3. The summed E-state index contributed by atoms with van der Waals surface area (Å²) in [6.45, 7) is 4.18. The molecule has 0 aliphatic heterocycles. The molecule has 0 atom stereocenters. The summed E-state index contributed by atoms with van der Waals surface area (Å²) in [5.41, 5.74) is 6.36. The third-order valence-corrected chi connectivity index (χ3v) is 5.25. The molecule has 3 aromatic carbocycles. The van der Waals surface area contributed by atoms with Gasteiger partial charge in [-0.05, 0) is 66.9 Å². The second kappa shape index (κ2) is 11.2. The van der Waals surface area contributed by atoms with Gasteiger partial charge in [0.1, 0.15) is 6.61 Å². The first-order valence-electron chi connectivity index (χ1n) is 10.1. The van der Waals surface area contributed by atoms with Crippen LogP contribution in [-0.2, 0) is 16.2 Å². The van der Waals surface area contributed by atoms with E-state index in [0.29, 0.717) is 27.8 Å². The lowest BCUT2D eigenvalue weighted by atomic mass is 10.1. The highest BCUT2D eigenvalue weighted by molar-refractivity contribution is 6.39. The molecule has 3 rings (SSSR count). The van der Waals surface area contributed by atoms with E-state index in [1.165, 1.54) is 13.3 Å². The molecular weight excluding hydrogens is 442 g/mol. The summed E-state index contributed by atoms with van der Waals surface area (Å²) in [4.78, 5) is 24.1. The van der Waals surface area contributed by atoms with Crippen LogP contribution in [-0.4, -0.2) is 25.1 Å². The van der Waals surface area contributed by atoms with Gasteiger partial charge >= 0.3 is 11.8 Å². The quantitative estimate of drug-likeness (QED) is 0.302. The number of halogens is 1. The van der Waals surface area contributed by atoms with Gasteiger partial charge in [0, 0.05) is 16.3 Å². The van der Waals surface area contributed by atoms with E-state index in [-0.39, 0.29) is 6.61 Å². The monoisotopic (exact) mass is 465 g/mol. The van der Waals surface area contributed by atoms with Crippen molar-refractivity contribution in [2.45, 2.75) is 20.5 Å². The average Bonchev–Trinajstić information content (AvgIpc) is 2.81. The zero-order valence-corrected chi connectivity index (χ0v) is 19.3. The van der Waals surface area contributed by atoms with Crippen LogP contribution in [0.3, 0.4) is 0 Å². The number of aryl methyl sites for hydroxylation is 2. The lowest BCUT2D eigenvalue weighted by Gasteiger charge is -2.12. The van der Waals surface area contributed by atoms with Gasteiger partial charge in [0.15, 0.2) is 11.5 Å². The fraction of sp³-hybridized carbons (Fsp3) is 0.160. The molecule has 8 heteroatoms. The van der Waals surface area contributed by atoms with Crippen molar-refractivity contribution >= 4 is 35.3 Å². The number of hydrogen-bond donors (Lipinski definition) is 2. The lowest BCUT2D eigenvalue weighted by molar-refractivity contribution is -0.136. The number of methoxy groups -OCH3 is 1. The first-order valence-corrected chi connectivity index (χ1v) is 10.5. The van der Waals surface area contributed by atoms with Gasteiger partial charge in [-0.3, -0.25) is 9.59 Å². The molecule has 0 aliphatic carbocycles. The molecule has 0 aromatic heterocycles. The van der Waals surface area contributed by atoms with E-state index in [0.717, 1.165) is 16.7 Å². The summed E-state index contributed by atoms with van der Waals surface area (Å²) in [5.74, 6) is -0.663. The summed E-state index contributed by atoms with van der Waals surface area (Å²) >= 11 is 6.16. The van der Waals surface area contributed by atoms with Crippen molar-refractivity contribution in [1.82, 2.24) is 5.43 Å². The van der Waals surface area contributed by atoms with Crippen LogP contribution in [0.1, 0.15) is 22.3 Å². The molecule has 0 saturated heterocycles. The molecule has 0 unspecified atom stereocenters. The Hall–Kier alpha value is -3.84. The maximum Gasteiger partial charge on any atom is 0.329 e. The molecule has 2 amide bonds. The highest BCUT2D eigenvalue weighted by Crippen LogP contribution is 2.29. The normalized spacial score (nSPS) is 10.7. The molecule has 0 fully saturated rings. The van der Waals surface area contributed by atoms with E-state index in [1.807, 2.05) is 38.1 Å². The van der Waals surface area contributed by atoms with Crippen molar-refractivity contribution in [2.75, 3.05) is 12.4 Å². The Balaban J connectivity index is 1.57. The zero-order valence-electron chi connectivity index (χ0n) is 18.5. The number of nitrogens with one attached hydrogen (secondary N) is 2. The van der Waals surface area contributed by atoms with E-state index in [1.54, 1.807) is 36.4 Å². The SMILES string of the molecule is COc1cc(C=NNC(=O)C(=O)Nc2ccc(C)c(C)c2)ccc1OCc1ccccc1Cl. The molecule has 170 valence electrons. The molecule has 0 spiro atoms. The zero-order chi connectivity index (χ0) is 23.8. The number of rotatable bonds is 7. The van der Waals surface area contributed by atoms with Crippen molar-refractivity contribution in [2.24, 2.45) is 5.10 Å². The third-order valence-electron chi connectivity index (χ3n) is 4.88. The largest absolute Gasteiger partial charge is 0.493 e. The number of ether oxygens (including phenoxy) is 2. The van der Waals surface area contributed by atoms with Crippen LogP contribution >= 0.6 is 11.6 Å². The van der Waals surface area contributed by atoms with E-state index in [4.69, 9.17) is 21.1 Å². The molecule has 0 radical (unpaired) electrons. The molecule has 3 aromatic rings. The van der Waals surface area contributed by atoms with Crippen LogP contribution in [0.4, 0.5) is 5.69 Å². The Labute approximate surface area is 197 Å². The van der Waals surface area contributed by atoms with Crippen molar-refractivity contribution in [3.63, 3.8) is 0 Å². The molecule has 0 bridgehead atoms. The van der Waals surface area contributed by atoms with E-state index in [2.05, 4.69) is 15.8 Å². The molecule has 0 saturated carbocycles. The van der Waals surface area contributed by atoms with Crippen molar-refractivity contribution < 1.29 is 19.1 Å². The van der Waals surface area contributed by atoms with E-state index in [9.17, 15) is 9.59 Å². The summed E-state index contributed by atoms with van der Waals surface area (Å²) in [5, 5.41) is 7.01. The molecule has 7 nitrogen and oxygen atoms in total. The van der Waals surface area contributed by atoms with Crippen LogP contribution in [0.25, 0.3) is 0 Å². The molecule has 0 heterocycles. The number of carbonyl (C=O) groups excluding carboxylic acids is 2. The van der Waals surface area contributed by atoms with Gasteiger partial charge in [0.25, 0.3) is 0 Å². The van der Waals surface area contributed by atoms with Gasteiger partial charge in [0.2, 0.25) is 0 Å². The van der Waals surface area contributed by atoms with Crippen molar-refractivity contribution in [3.05, 3.63) is 87.9 Å². The standard InChI is InChI=1S/C25H24ClN3O4/c1-16-8-10-20(12-17(16)2)28-24(30)25(31)29-27-14-18-9-11-22(23(13-18)32-3)33-15-19-6-4-5-7-21(19)26/h4-14H,15H2,1-3H3,(H,28,30)(H,29,31). The van der Waals surface area contributed by atoms with Crippen LogP contribution in [0.5, 0.6) is 11.5 Å². The van der Waals surface area contributed by atoms with E-state index >= 15 is 0 Å². The lowest BCUT2D eigenvalue weighted by Crippen LogP contribution is -2.32. The summed E-state index contributed by atoms with van der Waals surface area (Å²) < 4.78 is 11.2. The number of carbonyl (C=O) groups is 2. The topological polar surface area (TPSA) is 89.0 Å². The number of hydrogen-bond acceptors (Lipinski definition) is 5. The van der Waals surface area contributed by atoms with Crippen LogP contribution in [0.15, 0.2) is 65.8 Å². The highest BCUT2D eigenvalue weighted by atomic mass is 35.5. The fourth-order valence-electron chi connectivity index (χ4n) is 2.88. The molecule has 33 heavy (non-hydrogen) atoms. The number of hydrazone groups is 1. The Morgan fingerprint density at radius 1 is 0.970 bits per heavy atom. The second-order valence-electron chi connectivity index (χ2n) is 7.24. The van der Waals surface area contributed by atoms with Gasteiger partial charge in [-0.1, -0.05) is 35.9 Å². The Morgan fingerprint density at radius 2 is 1.76 bits per heavy atom. The minimum atomic E-state index is -0.879. The first kappa shape index (κ1) is 23.8. The minimum Gasteiger partial charge on any atom is -0.493 e. The van der Waals surface area contributed by atoms with Crippen LogP contribution in [0, 0.1) is 13.8 Å². The smallest absolute Gasteiger partial charge is 0.329 e. The second-order valence-corrected chi connectivity index (χ2v) is 7.65. The Morgan fingerprint density at radius 3 is 2.48 bits per heavy atom. The number of nitrogens with zero attached hydrogens (tertiary/aromatic N) is 1. The molecule has 2 N–H and O–H groups in total. The molecule has 0 aliphatic rings. The van der Waals surface area contributed by atoms with Crippen molar-refractivity contribution in [3.8, 4) is 11.5 Å². The van der Waals surface area contributed by atoms with Gasteiger partial charge in [-0.2, -0.15) is 5.10 Å². The highest BCUT2D eigenvalue weighted by Gasteiger charge is 2.13. The Bertz CT molecular complexity index is 1190. The Kier molecular flexibility index (Phi) is 8.05. The summed E-state index contributed by atoms with van der Waals surface area (Å²) in [6.07, 6.45) is 1.40. The number of anilines is 1. The predicted molar refractivity (Wildman–Crippen MR) is 129 cm³/mol. The van der Waals surface area contributed by atoms with E-state index < -0.39 is 11.8 Å². The third kappa shape index (κ3) is 6.57. The number of amides is 2. The first-order chi connectivity index (χ1) is 15.9. The van der Waals surface area contributed by atoms with Crippen molar-refractivity contribution in [1.29, 1.82) is 0 Å². The van der Waals surface area contributed by atoms with Crippen LogP contribution < -0.4 is 20.2 Å².